The van der Waals surface area contributed by atoms with Gasteiger partial charge in [0.25, 0.3) is 0 Å². The van der Waals surface area contributed by atoms with E-state index in [1.807, 2.05) is 0 Å². The van der Waals surface area contributed by atoms with Crippen LogP contribution in [0.3, 0.4) is 0 Å². The van der Waals surface area contributed by atoms with Crippen molar-refractivity contribution >= 4 is 10.8 Å². The summed E-state index contributed by atoms with van der Waals surface area (Å²) < 4.78 is 11.3. The first-order valence-corrected chi connectivity index (χ1v) is 8.37. The molecule has 0 aromatic carbocycles. The Kier molecular flexibility index (Phi) is 4.83. The summed E-state index contributed by atoms with van der Waals surface area (Å²) in [5.41, 5.74) is 0. The number of rotatable bonds is 3. The van der Waals surface area contributed by atoms with Gasteiger partial charge in [0.15, 0.2) is 0 Å². The van der Waals surface area contributed by atoms with E-state index in [0.717, 1.165) is 36.3 Å². The Bertz CT molecular complexity index is 234. The molecule has 1 aliphatic heterocycles. The summed E-state index contributed by atoms with van der Waals surface area (Å²) in [6.45, 7) is 2.32. The molecule has 0 amide bonds. The predicted molar refractivity (Wildman–Crippen MR) is 70.1 cm³/mol. The van der Waals surface area contributed by atoms with Crippen molar-refractivity contribution in [3.63, 3.8) is 0 Å². The quantitative estimate of drug-likeness (QED) is 0.825. The molecule has 16 heavy (non-hydrogen) atoms. The first kappa shape index (κ1) is 12.6. The maximum atomic E-state index is 11.3. The molecule has 2 nitrogen and oxygen atoms in total. The highest BCUT2D eigenvalue weighted by Crippen LogP contribution is 2.27. The maximum Gasteiger partial charge on any atom is 0.0249 e. The van der Waals surface area contributed by atoms with Gasteiger partial charge in [-0.05, 0) is 31.6 Å². The van der Waals surface area contributed by atoms with Crippen LogP contribution in [0.15, 0.2) is 0 Å². The van der Waals surface area contributed by atoms with Gasteiger partial charge in [0.2, 0.25) is 0 Å². The molecule has 0 bridgehead atoms. The van der Waals surface area contributed by atoms with E-state index in [9.17, 15) is 4.21 Å². The van der Waals surface area contributed by atoms with Crippen molar-refractivity contribution in [2.24, 2.45) is 5.92 Å². The third-order valence-corrected chi connectivity index (χ3v) is 5.60. The lowest BCUT2D eigenvalue weighted by molar-refractivity contribution is 0.256. The SMILES string of the molecule is CCC1CCCC(NC2CCS(=O)CC2)C1. The van der Waals surface area contributed by atoms with E-state index in [0.29, 0.717) is 6.04 Å². The highest BCUT2D eigenvalue weighted by molar-refractivity contribution is 7.85. The minimum Gasteiger partial charge on any atom is -0.311 e. The summed E-state index contributed by atoms with van der Waals surface area (Å²) in [6.07, 6.45) is 9.15. The van der Waals surface area contributed by atoms with Gasteiger partial charge in [-0.25, -0.2) is 0 Å². The topological polar surface area (TPSA) is 29.1 Å². The van der Waals surface area contributed by atoms with Gasteiger partial charge in [-0.1, -0.05) is 26.2 Å². The lowest BCUT2D eigenvalue weighted by Gasteiger charge is -2.33. The van der Waals surface area contributed by atoms with Crippen molar-refractivity contribution in [1.82, 2.24) is 5.32 Å². The molecule has 2 rings (SSSR count). The fraction of sp³-hybridized carbons (Fsp3) is 1.00. The molecule has 2 unspecified atom stereocenters. The molecule has 0 aromatic heterocycles. The van der Waals surface area contributed by atoms with Crippen molar-refractivity contribution < 1.29 is 4.21 Å². The van der Waals surface area contributed by atoms with E-state index >= 15 is 0 Å². The van der Waals surface area contributed by atoms with Crippen molar-refractivity contribution in [1.29, 1.82) is 0 Å². The van der Waals surface area contributed by atoms with Gasteiger partial charge >= 0.3 is 0 Å². The Morgan fingerprint density at radius 3 is 2.56 bits per heavy atom. The van der Waals surface area contributed by atoms with Crippen LogP contribution in [0.25, 0.3) is 0 Å². The largest absolute Gasteiger partial charge is 0.311 e. The third kappa shape index (κ3) is 3.56. The van der Waals surface area contributed by atoms with Gasteiger partial charge in [0.05, 0.1) is 0 Å². The molecule has 2 aliphatic rings. The normalized spacial score (nSPS) is 40.8. The summed E-state index contributed by atoms with van der Waals surface area (Å²) in [5, 5.41) is 3.81. The Labute approximate surface area is 102 Å². The van der Waals surface area contributed by atoms with Crippen LogP contribution in [0.4, 0.5) is 0 Å². The standard InChI is InChI=1S/C13H25NOS/c1-2-11-4-3-5-13(10-11)14-12-6-8-16(15)9-7-12/h11-14H,2-10H2,1H3. The van der Waals surface area contributed by atoms with Crippen LogP contribution in [0, 0.1) is 5.92 Å². The summed E-state index contributed by atoms with van der Waals surface area (Å²) in [6, 6.07) is 1.40. The highest BCUT2D eigenvalue weighted by Gasteiger charge is 2.24. The van der Waals surface area contributed by atoms with E-state index in [1.54, 1.807) is 0 Å². The zero-order valence-corrected chi connectivity index (χ0v) is 11.2. The predicted octanol–water partition coefficient (Wildman–Crippen LogP) is 2.46. The number of hydrogen-bond acceptors (Lipinski definition) is 2. The molecule has 2 fully saturated rings. The molecule has 3 heteroatoms. The molecule has 1 saturated heterocycles. The van der Waals surface area contributed by atoms with E-state index in [4.69, 9.17) is 0 Å². The lowest BCUT2D eigenvalue weighted by Crippen LogP contribution is -2.44. The van der Waals surface area contributed by atoms with E-state index < -0.39 is 10.8 Å². The zero-order chi connectivity index (χ0) is 11.4. The number of hydrogen-bond donors (Lipinski definition) is 1. The molecule has 0 aromatic rings. The highest BCUT2D eigenvalue weighted by atomic mass is 32.2. The molecule has 1 heterocycles. The Morgan fingerprint density at radius 2 is 1.88 bits per heavy atom. The smallest absolute Gasteiger partial charge is 0.0249 e. The molecule has 1 aliphatic carbocycles. The van der Waals surface area contributed by atoms with E-state index in [1.165, 1.54) is 32.1 Å². The van der Waals surface area contributed by atoms with Gasteiger partial charge in [-0.3, -0.25) is 4.21 Å². The second-order valence-electron chi connectivity index (χ2n) is 5.43. The first-order valence-electron chi connectivity index (χ1n) is 6.89. The van der Waals surface area contributed by atoms with Gasteiger partial charge in [-0.2, -0.15) is 0 Å². The van der Waals surface area contributed by atoms with Gasteiger partial charge in [0.1, 0.15) is 0 Å². The molecular formula is C13H25NOS. The molecule has 1 N–H and O–H groups in total. The summed E-state index contributed by atoms with van der Waals surface area (Å²) in [7, 11) is -0.516. The third-order valence-electron chi connectivity index (χ3n) is 4.22. The van der Waals surface area contributed by atoms with Gasteiger partial charge in [-0.15, -0.1) is 0 Å². The minimum absolute atomic E-state index is 0.516. The van der Waals surface area contributed by atoms with Gasteiger partial charge in [0, 0.05) is 34.4 Å². The zero-order valence-electron chi connectivity index (χ0n) is 10.4. The molecule has 0 radical (unpaired) electrons. The summed E-state index contributed by atoms with van der Waals surface area (Å²) in [4.78, 5) is 0. The fourth-order valence-electron chi connectivity index (χ4n) is 3.11. The van der Waals surface area contributed by atoms with E-state index in [-0.39, 0.29) is 0 Å². The van der Waals surface area contributed by atoms with Crippen LogP contribution in [0.2, 0.25) is 0 Å². The first-order chi connectivity index (χ1) is 7.78. The van der Waals surface area contributed by atoms with Crippen LogP contribution in [0.5, 0.6) is 0 Å². The monoisotopic (exact) mass is 243 g/mol. The van der Waals surface area contributed by atoms with Crippen molar-refractivity contribution in [2.45, 2.75) is 64.0 Å². The maximum absolute atomic E-state index is 11.3. The van der Waals surface area contributed by atoms with Crippen LogP contribution in [-0.2, 0) is 10.8 Å². The summed E-state index contributed by atoms with van der Waals surface area (Å²) >= 11 is 0. The van der Waals surface area contributed by atoms with E-state index in [2.05, 4.69) is 12.2 Å². The molecule has 0 spiro atoms. The molecule has 2 atom stereocenters. The second-order valence-corrected chi connectivity index (χ2v) is 7.12. The Hall–Kier alpha value is 0.110. The average Bonchev–Trinajstić information content (AvgIpc) is 2.32. The van der Waals surface area contributed by atoms with Crippen LogP contribution < -0.4 is 5.32 Å². The Balaban J connectivity index is 1.74. The van der Waals surface area contributed by atoms with Crippen LogP contribution in [0.1, 0.15) is 51.9 Å². The van der Waals surface area contributed by atoms with Crippen molar-refractivity contribution in [3.8, 4) is 0 Å². The van der Waals surface area contributed by atoms with Crippen LogP contribution >= 0.6 is 0 Å². The molecular weight excluding hydrogens is 218 g/mol. The molecule has 94 valence electrons. The summed E-state index contributed by atoms with van der Waals surface area (Å²) in [5.74, 6) is 2.78. The fourth-order valence-corrected chi connectivity index (χ4v) is 4.41. The molecule has 1 saturated carbocycles. The average molecular weight is 243 g/mol. The lowest BCUT2D eigenvalue weighted by atomic mass is 9.84. The van der Waals surface area contributed by atoms with Gasteiger partial charge < -0.3 is 5.32 Å². The minimum atomic E-state index is -0.516. The second kappa shape index (κ2) is 6.15. The number of nitrogens with one attached hydrogen (secondary N) is 1. The Morgan fingerprint density at radius 1 is 1.12 bits per heavy atom. The van der Waals surface area contributed by atoms with Crippen LogP contribution in [-0.4, -0.2) is 27.8 Å². The van der Waals surface area contributed by atoms with Crippen molar-refractivity contribution in [2.75, 3.05) is 11.5 Å². The van der Waals surface area contributed by atoms with Crippen molar-refractivity contribution in [3.05, 3.63) is 0 Å².